The highest BCUT2D eigenvalue weighted by molar-refractivity contribution is 14.1. The molecule has 11 heavy (non-hydrogen) atoms. The van der Waals surface area contributed by atoms with Gasteiger partial charge < -0.3 is 5.73 Å². The molecule has 0 saturated heterocycles. The molecule has 0 bridgehead atoms. The van der Waals surface area contributed by atoms with Crippen LogP contribution in [0.15, 0.2) is 6.07 Å². The van der Waals surface area contributed by atoms with E-state index in [2.05, 4.69) is 0 Å². The van der Waals surface area contributed by atoms with Crippen LogP contribution in [-0.2, 0) is 0 Å². The summed E-state index contributed by atoms with van der Waals surface area (Å²) in [5, 5.41) is 0. The van der Waals surface area contributed by atoms with Crippen LogP contribution < -0.4 is 5.73 Å². The average Bonchev–Trinajstić information content (AvgIpc) is 1.97. The van der Waals surface area contributed by atoms with Crippen molar-refractivity contribution in [2.75, 3.05) is 5.73 Å². The number of rotatable bonds is 0. The van der Waals surface area contributed by atoms with E-state index < -0.39 is 17.5 Å². The Kier molecular flexibility index (Phi) is 2.26. The van der Waals surface area contributed by atoms with Crippen LogP contribution in [0.5, 0.6) is 0 Å². The second kappa shape index (κ2) is 2.88. The Morgan fingerprint density at radius 2 is 1.73 bits per heavy atom. The van der Waals surface area contributed by atoms with Crippen LogP contribution in [0, 0.1) is 21.0 Å². The zero-order valence-corrected chi connectivity index (χ0v) is 7.32. The van der Waals surface area contributed by atoms with Crippen LogP contribution in [0.4, 0.5) is 18.9 Å². The van der Waals surface area contributed by atoms with E-state index in [1.165, 1.54) is 22.6 Å². The maximum atomic E-state index is 12.5. The molecule has 1 rings (SSSR count). The summed E-state index contributed by atoms with van der Waals surface area (Å²) in [5.41, 5.74) is 4.71. The van der Waals surface area contributed by atoms with E-state index >= 15 is 0 Å². The highest BCUT2D eigenvalue weighted by atomic mass is 127. The lowest BCUT2D eigenvalue weighted by Gasteiger charge is -2.01. The molecule has 0 aliphatic carbocycles. The van der Waals surface area contributed by atoms with Crippen molar-refractivity contribution in [3.05, 3.63) is 27.1 Å². The summed E-state index contributed by atoms with van der Waals surface area (Å²) >= 11 is 1.44. The first kappa shape index (κ1) is 8.63. The lowest BCUT2D eigenvalue weighted by Crippen LogP contribution is -2.00. The summed E-state index contributed by atoms with van der Waals surface area (Å²) in [7, 11) is 0. The normalized spacial score (nSPS) is 10.2. The van der Waals surface area contributed by atoms with Gasteiger partial charge in [-0.15, -0.1) is 0 Å². The van der Waals surface area contributed by atoms with Crippen molar-refractivity contribution >= 4 is 28.3 Å². The van der Waals surface area contributed by atoms with Crippen LogP contribution >= 0.6 is 22.6 Å². The summed E-state index contributed by atoms with van der Waals surface area (Å²) in [6.45, 7) is 0. The van der Waals surface area contributed by atoms with Gasteiger partial charge in [0.1, 0.15) is 5.82 Å². The van der Waals surface area contributed by atoms with Gasteiger partial charge in [0.25, 0.3) is 0 Å². The molecule has 0 heterocycles. The number of halogens is 4. The molecule has 0 amide bonds. The topological polar surface area (TPSA) is 26.0 Å². The largest absolute Gasteiger partial charge is 0.395 e. The number of benzene rings is 1. The first-order valence-corrected chi connectivity index (χ1v) is 3.70. The van der Waals surface area contributed by atoms with Gasteiger partial charge in [-0.3, -0.25) is 0 Å². The molecule has 2 N–H and O–H groups in total. The molecule has 0 aromatic heterocycles. The Labute approximate surface area is 74.5 Å². The first-order chi connectivity index (χ1) is 5.04. The standard InChI is InChI=1S/C6H3F3IN/c7-2-1-3(8)6(11)5(10)4(2)9/h1H,11H2. The number of hydrogen-bond donors (Lipinski definition) is 1. The summed E-state index contributed by atoms with van der Waals surface area (Å²) < 4.78 is 37.1. The van der Waals surface area contributed by atoms with Crippen molar-refractivity contribution in [2.24, 2.45) is 0 Å². The number of anilines is 1. The number of nitrogens with two attached hydrogens (primary N) is 1. The van der Waals surface area contributed by atoms with Crippen molar-refractivity contribution in [1.82, 2.24) is 0 Å². The van der Waals surface area contributed by atoms with Gasteiger partial charge in [0, 0.05) is 6.07 Å². The maximum Gasteiger partial charge on any atom is 0.174 e. The van der Waals surface area contributed by atoms with Gasteiger partial charge in [0.2, 0.25) is 0 Å². The van der Waals surface area contributed by atoms with Gasteiger partial charge >= 0.3 is 0 Å². The highest BCUT2D eigenvalue weighted by Gasteiger charge is 2.13. The third kappa shape index (κ3) is 1.42. The molecule has 0 radical (unpaired) electrons. The van der Waals surface area contributed by atoms with Gasteiger partial charge in [-0.1, -0.05) is 0 Å². The van der Waals surface area contributed by atoms with E-state index in [0.29, 0.717) is 6.07 Å². The second-order valence-corrected chi connectivity index (χ2v) is 2.96. The smallest absolute Gasteiger partial charge is 0.174 e. The predicted octanol–water partition coefficient (Wildman–Crippen LogP) is 2.29. The molecule has 0 atom stereocenters. The summed E-state index contributed by atoms with van der Waals surface area (Å²) in [6.07, 6.45) is 0. The molecule has 0 aliphatic heterocycles. The van der Waals surface area contributed by atoms with Crippen molar-refractivity contribution < 1.29 is 13.2 Å². The van der Waals surface area contributed by atoms with Gasteiger partial charge in [-0.2, -0.15) is 0 Å². The monoisotopic (exact) mass is 273 g/mol. The molecule has 1 nitrogen and oxygen atoms in total. The Bertz CT molecular complexity index is 274. The summed E-state index contributed by atoms with van der Waals surface area (Å²) in [6, 6.07) is 0.423. The number of nitrogen functional groups attached to an aromatic ring is 1. The van der Waals surface area contributed by atoms with Gasteiger partial charge in [0.15, 0.2) is 11.6 Å². The van der Waals surface area contributed by atoms with Crippen molar-refractivity contribution in [3.63, 3.8) is 0 Å². The van der Waals surface area contributed by atoms with Crippen LogP contribution in [0.2, 0.25) is 0 Å². The third-order valence-corrected chi connectivity index (χ3v) is 2.20. The quantitative estimate of drug-likeness (QED) is 0.334. The van der Waals surface area contributed by atoms with Crippen LogP contribution in [0.3, 0.4) is 0 Å². The minimum absolute atomic E-state index is 0.222. The van der Waals surface area contributed by atoms with Gasteiger partial charge in [-0.25, -0.2) is 13.2 Å². The Morgan fingerprint density at radius 1 is 1.18 bits per heavy atom. The van der Waals surface area contributed by atoms with E-state index in [4.69, 9.17) is 5.73 Å². The highest BCUT2D eigenvalue weighted by Crippen LogP contribution is 2.23. The molecular weight excluding hydrogens is 270 g/mol. The van der Waals surface area contributed by atoms with Crippen molar-refractivity contribution in [1.29, 1.82) is 0 Å². The van der Waals surface area contributed by atoms with E-state index in [9.17, 15) is 13.2 Å². The van der Waals surface area contributed by atoms with Crippen LogP contribution in [-0.4, -0.2) is 0 Å². The Morgan fingerprint density at radius 3 is 2.27 bits per heavy atom. The maximum absolute atomic E-state index is 12.5. The lowest BCUT2D eigenvalue weighted by molar-refractivity contribution is 0.491. The molecule has 0 fully saturated rings. The average molecular weight is 273 g/mol. The molecule has 0 unspecified atom stereocenters. The fourth-order valence-corrected chi connectivity index (χ4v) is 1.10. The lowest BCUT2D eigenvalue weighted by atomic mass is 10.3. The number of hydrogen-bond acceptors (Lipinski definition) is 1. The fraction of sp³-hybridized carbons (Fsp3) is 0. The SMILES string of the molecule is Nc1c(F)cc(F)c(F)c1I. The molecule has 0 spiro atoms. The summed E-state index contributed by atoms with van der Waals surface area (Å²) in [4.78, 5) is 0. The molecule has 0 saturated carbocycles. The molecule has 0 aliphatic rings. The second-order valence-electron chi connectivity index (χ2n) is 1.88. The van der Waals surface area contributed by atoms with Gasteiger partial charge in [0.05, 0.1) is 9.26 Å². The third-order valence-electron chi connectivity index (χ3n) is 1.15. The van der Waals surface area contributed by atoms with E-state index in [0.717, 1.165) is 0 Å². The molecule has 5 heteroatoms. The first-order valence-electron chi connectivity index (χ1n) is 2.62. The Balaban J connectivity index is 3.46. The zero-order chi connectivity index (χ0) is 8.59. The Hall–Kier alpha value is -0.460. The van der Waals surface area contributed by atoms with Crippen LogP contribution in [0.1, 0.15) is 0 Å². The van der Waals surface area contributed by atoms with E-state index in [1.54, 1.807) is 0 Å². The van der Waals surface area contributed by atoms with Crippen molar-refractivity contribution in [3.8, 4) is 0 Å². The molecular formula is C6H3F3IN. The van der Waals surface area contributed by atoms with Crippen LogP contribution in [0.25, 0.3) is 0 Å². The van der Waals surface area contributed by atoms with E-state index in [1.807, 2.05) is 0 Å². The minimum atomic E-state index is -1.22. The van der Waals surface area contributed by atoms with E-state index in [-0.39, 0.29) is 9.26 Å². The zero-order valence-electron chi connectivity index (χ0n) is 5.17. The summed E-state index contributed by atoms with van der Waals surface area (Å²) in [5.74, 6) is -3.26. The molecule has 60 valence electrons. The van der Waals surface area contributed by atoms with Gasteiger partial charge in [-0.05, 0) is 22.6 Å². The van der Waals surface area contributed by atoms with Crippen molar-refractivity contribution in [2.45, 2.75) is 0 Å². The molecule has 1 aromatic rings. The fourth-order valence-electron chi connectivity index (χ4n) is 0.580. The predicted molar refractivity (Wildman–Crippen MR) is 43.4 cm³/mol. The minimum Gasteiger partial charge on any atom is -0.395 e. The molecule has 1 aromatic carbocycles.